The molecule has 0 fully saturated rings. The van der Waals surface area contributed by atoms with Crippen LogP contribution in [0.2, 0.25) is 0 Å². The van der Waals surface area contributed by atoms with Crippen molar-refractivity contribution in [2.75, 3.05) is 0 Å². The number of benzene rings is 1. The first-order chi connectivity index (χ1) is 7.16. The number of halogens is 1. The second-order valence-electron chi connectivity index (χ2n) is 2.85. The van der Waals surface area contributed by atoms with Crippen molar-refractivity contribution in [1.29, 1.82) is 0 Å². The van der Waals surface area contributed by atoms with Crippen molar-refractivity contribution in [2.45, 2.75) is 0 Å². The molecule has 0 amide bonds. The minimum Gasteiger partial charge on any atom is -0.474 e. The largest absolute Gasteiger partial charge is 0.474 e. The summed E-state index contributed by atoms with van der Waals surface area (Å²) in [4.78, 5) is 14.4. The van der Waals surface area contributed by atoms with Crippen LogP contribution in [0, 0.1) is 0 Å². The Kier molecular flexibility index (Phi) is 2.55. The molecule has 0 bridgehead atoms. The van der Waals surface area contributed by atoms with Crippen LogP contribution in [-0.4, -0.2) is 16.1 Å². The van der Waals surface area contributed by atoms with Crippen molar-refractivity contribution in [2.24, 2.45) is 0 Å². The van der Waals surface area contributed by atoms with Gasteiger partial charge in [-0.1, -0.05) is 28.1 Å². The third-order valence-electron chi connectivity index (χ3n) is 1.81. The molecule has 0 radical (unpaired) electrons. The molecule has 0 unspecified atom stereocenters. The smallest absolute Gasteiger partial charge is 0.392 e. The molecule has 0 aliphatic heterocycles. The number of carboxylic acids is 1. The lowest BCUT2D eigenvalue weighted by Crippen LogP contribution is -1.95. The number of carbonyl (C=O) groups is 1. The van der Waals surface area contributed by atoms with Gasteiger partial charge in [0, 0.05) is 10.0 Å². The highest BCUT2D eigenvalue weighted by Gasteiger charge is 2.12. The lowest BCUT2D eigenvalue weighted by molar-refractivity contribution is 0.0653. The first kappa shape index (κ1) is 9.92. The van der Waals surface area contributed by atoms with Crippen LogP contribution in [0.3, 0.4) is 0 Å². The molecular weight excluding hydrogens is 262 g/mol. The summed E-state index contributed by atoms with van der Waals surface area (Å²) >= 11 is 3.32. The highest BCUT2D eigenvalue weighted by Crippen LogP contribution is 2.22. The molecule has 1 aromatic carbocycles. The molecule has 4 nitrogen and oxygen atoms in total. The molecule has 5 heteroatoms. The predicted molar refractivity (Wildman–Crippen MR) is 56.6 cm³/mol. The number of hydrogen-bond acceptors (Lipinski definition) is 3. The van der Waals surface area contributed by atoms with E-state index in [9.17, 15) is 4.79 Å². The maximum Gasteiger partial charge on any atom is 0.392 e. The molecule has 15 heavy (non-hydrogen) atoms. The van der Waals surface area contributed by atoms with Crippen molar-refractivity contribution in [3.8, 4) is 11.3 Å². The van der Waals surface area contributed by atoms with Gasteiger partial charge in [0.25, 0.3) is 0 Å². The van der Waals surface area contributed by atoms with Crippen molar-refractivity contribution in [3.05, 3.63) is 40.9 Å². The zero-order chi connectivity index (χ0) is 10.8. The van der Waals surface area contributed by atoms with E-state index in [0.717, 1.165) is 10.0 Å². The van der Waals surface area contributed by atoms with Crippen LogP contribution < -0.4 is 0 Å². The molecule has 0 aliphatic carbocycles. The fraction of sp³-hybridized carbons (Fsp3) is 0. The maximum absolute atomic E-state index is 10.5. The summed E-state index contributed by atoms with van der Waals surface area (Å²) in [5.74, 6) is -1.47. The van der Waals surface area contributed by atoms with Crippen LogP contribution in [0.1, 0.15) is 10.7 Å². The van der Waals surface area contributed by atoms with E-state index in [1.807, 2.05) is 24.3 Å². The molecule has 0 saturated carbocycles. The highest BCUT2D eigenvalue weighted by atomic mass is 79.9. The highest BCUT2D eigenvalue weighted by molar-refractivity contribution is 9.10. The van der Waals surface area contributed by atoms with Gasteiger partial charge in [-0.15, -0.1) is 0 Å². The van der Waals surface area contributed by atoms with E-state index in [1.54, 1.807) is 0 Å². The standard InChI is InChI=1S/C10H6BrNO3/c11-7-3-1-2-6(4-7)8-5-15-9(12-8)10(13)14/h1-5H,(H,13,14). The van der Waals surface area contributed by atoms with E-state index < -0.39 is 5.97 Å². The molecule has 1 aromatic heterocycles. The fourth-order valence-corrected chi connectivity index (χ4v) is 1.55. The van der Waals surface area contributed by atoms with E-state index in [4.69, 9.17) is 9.52 Å². The number of carboxylic acid groups (broad SMARTS) is 1. The van der Waals surface area contributed by atoms with Gasteiger partial charge in [0.2, 0.25) is 0 Å². The summed E-state index contributed by atoms with van der Waals surface area (Å²) in [6.45, 7) is 0. The average molecular weight is 268 g/mol. The van der Waals surface area contributed by atoms with Crippen LogP contribution in [-0.2, 0) is 0 Å². The SMILES string of the molecule is O=C(O)c1nc(-c2cccc(Br)c2)co1. The number of aromatic carboxylic acids is 1. The predicted octanol–water partition coefficient (Wildman–Crippen LogP) is 2.80. The van der Waals surface area contributed by atoms with Crippen LogP contribution in [0.25, 0.3) is 11.3 Å². The Morgan fingerprint density at radius 1 is 1.47 bits per heavy atom. The van der Waals surface area contributed by atoms with Crippen molar-refractivity contribution in [3.63, 3.8) is 0 Å². The summed E-state index contributed by atoms with van der Waals surface area (Å²) in [7, 11) is 0. The maximum atomic E-state index is 10.5. The summed E-state index contributed by atoms with van der Waals surface area (Å²) in [6, 6.07) is 7.38. The van der Waals surface area contributed by atoms with E-state index in [1.165, 1.54) is 6.26 Å². The molecule has 0 aliphatic rings. The molecular formula is C10H6BrNO3. The Morgan fingerprint density at radius 2 is 2.27 bits per heavy atom. The summed E-state index contributed by atoms with van der Waals surface area (Å²) in [5, 5.41) is 8.63. The Hall–Kier alpha value is -1.62. The monoisotopic (exact) mass is 267 g/mol. The van der Waals surface area contributed by atoms with Crippen LogP contribution >= 0.6 is 15.9 Å². The summed E-state index contributed by atoms with van der Waals surface area (Å²) in [5.41, 5.74) is 1.31. The van der Waals surface area contributed by atoms with Crippen LogP contribution in [0.15, 0.2) is 39.4 Å². The number of oxazole rings is 1. The minimum atomic E-state index is -1.17. The molecule has 0 atom stereocenters. The molecule has 1 N–H and O–H groups in total. The average Bonchev–Trinajstić information content (AvgIpc) is 2.66. The quantitative estimate of drug-likeness (QED) is 0.909. The zero-order valence-corrected chi connectivity index (χ0v) is 9.06. The third-order valence-corrected chi connectivity index (χ3v) is 2.30. The van der Waals surface area contributed by atoms with Gasteiger partial charge in [0.15, 0.2) is 0 Å². The van der Waals surface area contributed by atoms with Crippen LogP contribution in [0.5, 0.6) is 0 Å². The van der Waals surface area contributed by atoms with Crippen molar-refractivity contribution < 1.29 is 14.3 Å². The van der Waals surface area contributed by atoms with Gasteiger partial charge < -0.3 is 9.52 Å². The van der Waals surface area contributed by atoms with Crippen LogP contribution in [0.4, 0.5) is 0 Å². The van der Waals surface area contributed by atoms with Crippen molar-refractivity contribution >= 4 is 21.9 Å². The first-order valence-electron chi connectivity index (χ1n) is 4.11. The van der Waals surface area contributed by atoms with Gasteiger partial charge in [-0.3, -0.25) is 0 Å². The van der Waals surface area contributed by atoms with E-state index in [0.29, 0.717) is 5.69 Å². The fourth-order valence-electron chi connectivity index (χ4n) is 1.15. The Balaban J connectivity index is 2.41. The van der Waals surface area contributed by atoms with Gasteiger partial charge in [0.05, 0.1) is 0 Å². The number of aromatic nitrogens is 1. The second-order valence-corrected chi connectivity index (χ2v) is 3.77. The third kappa shape index (κ3) is 2.07. The van der Waals surface area contributed by atoms with E-state index in [2.05, 4.69) is 20.9 Å². The first-order valence-corrected chi connectivity index (χ1v) is 4.91. The number of rotatable bonds is 2. The second kappa shape index (κ2) is 3.86. The number of nitrogens with zero attached hydrogens (tertiary/aromatic N) is 1. The lowest BCUT2D eigenvalue weighted by Gasteiger charge is -1.95. The van der Waals surface area contributed by atoms with Gasteiger partial charge in [-0.2, -0.15) is 0 Å². The molecule has 1 heterocycles. The zero-order valence-electron chi connectivity index (χ0n) is 7.48. The molecule has 0 spiro atoms. The van der Waals surface area contributed by atoms with Crippen molar-refractivity contribution in [1.82, 2.24) is 4.98 Å². The summed E-state index contributed by atoms with van der Waals surface area (Å²) in [6.07, 6.45) is 1.32. The minimum absolute atomic E-state index is 0.301. The summed E-state index contributed by atoms with van der Waals surface area (Å²) < 4.78 is 5.70. The van der Waals surface area contributed by atoms with Gasteiger partial charge in [0.1, 0.15) is 12.0 Å². The normalized spacial score (nSPS) is 10.2. The molecule has 2 aromatic rings. The van der Waals surface area contributed by atoms with Gasteiger partial charge >= 0.3 is 11.9 Å². The van der Waals surface area contributed by atoms with E-state index in [-0.39, 0.29) is 5.89 Å². The molecule has 0 saturated heterocycles. The Labute approximate surface area is 93.7 Å². The van der Waals surface area contributed by atoms with Gasteiger partial charge in [-0.25, -0.2) is 9.78 Å². The Bertz CT molecular complexity index is 507. The number of hydrogen-bond donors (Lipinski definition) is 1. The molecule has 76 valence electrons. The topological polar surface area (TPSA) is 63.3 Å². The molecule has 2 rings (SSSR count). The van der Waals surface area contributed by atoms with Gasteiger partial charge in [-0.05, 0) is 12.1 Å². The van der Waals surface area contributed by atoms with E-state index >= 15 is 0 Å². The lowest BCUT2D eigenvalue weighted by atomic mass is 10.2. The Morgan fingerprint density at radius 3 is 2.87 bits per heavy atom.